The first-order valence-corrected chi connectivity index (χ1v) is 8.18. The minimum atomic E-state index is -0.512. The van der Waals surface area contributed by atoms with Crippen molar-refractivity contribution in [2.24, 2.45) is 0 Å². The van der Waals surface area contributed by atoms with Gasteiger partial charge in [-0.1, -0.05) is 31.2 Å². The summed E-state index contributed by atoms with van der Waals surface area (Å²) in [5.41, 5.74) is 3.29. The average Bonchev–Trinajstić information content (AvgIpc) is 2.60. The van der Waals surface area contributed by atoms with Crippen LogP contribution >= 0.6 is 0 Å². The predicted molar refractivity (Wildman–Crippen MR) is 95.5 cm³/mol. The molecule has 24 heavy (non-hydrogen) atoms. The second kappa shape index (κ2) is 8.39. The van der Waals surface area contributed by atoms with Crippen molar-refractivity contribution in [1.82, 2.24) is 5.32 Å². The Hall–Kier alpha value is -2.49. The molecule has 4 nitrogen and oxygen atoms in total. The highest BCUT2D eigenvalue weighted by atomic mass is 16.5. The molecule has 0 unspecified atom stereocenters. The number of methoxy groups -OCH3 is 1. The lowest BCUT2D eigenvalue weighted by molar-refractivity contribution is -0.128. The van der Waals surface area contributed by atoms with E-state index in [0.717, 1.165) is 22.6 Å². The molecule has 1 N–H and O–H groups in total. The zero-order valence-electron chi connectivity index (χ0n) is 14.8. The van der Waals surface area contributed by atoms with Gasteiger partial charge >= 0.3 is 0 Å². The van der Waals surface area contributed by atoms with E-state index in [0.29, 0.717) is 13.0 Å². The first-order chi connectivity index (χ1) is 11.5. The third-order valence-electron chi connectivity index (χ3n) is 4.07. The highest BCUT2D eigenvalue weighted by Crippen LogP contribution is 2.19. The van der Waals surface area contributed by atoms with Crippen molar-refractivity contribution in [3.05, 3.63) is 59.2 Å². The minimum Gasteiger partial charge on any atom is -0.496 e. The number of hydrogen-bond donors (Lipinski definition) is 1. The molecule has 128 valence electrons. The predicted octanol–water partition coefficient (Wildman–Crippen LogP) is 3.79. The Morgan fingerprint density at radius 3 is 2.54 bits per heavy atom. The van der Waals surface area contributed by atoms with Gasteiger partial charge in [0.15, 0.2) is 6.10 Å². The molecule has 0 radical (unpaired) electrons. The van der Waals surface area contributed by atoms with Gasteiger partial charge in [0.25, 0.3) is 5.91 Å². The number of hydrogen-bond acceptors (Lipinski definition) is 3. The van der Waals surface area contributed by atoms with Crippen molar-refractivity contribution in [1.29, 1.82) is 0 Å². The Bertz CT molecular complexity index is 697. The van der Waals surface area contributed by atoms with Crippen LogP contribution in [-0.2, 0) is 11.3 Å². The first-order valence-electron chi connectivity index (χ1n) is 8.18. The third kappa shape index (κ3) is 4.51. The van der Waals surface area contributed by atoms with Crippen molar-refractivity contribution >= 4 is 5.91 Å². The van der Waals surface area contributed by atoms with Gasteiger partial charge in [0.05, 0.1) is 7.11 Å². The SMILES string of the molecule is CC[C@H](Oc1ccc(C)c(C)c1)C(=O)NCc1ccccc1OC. The van der Waals surface area contributed by atoms with Crippen LogP contribution in [0.5, 0.6) is 11.5 Å². The summed E-state index contributed by atoms with van der Waals surface area (Å²) in [6.45, 7) is 6.44. The van der Waals surface area contributed by atoms with Gasteiger partial charge in [-0.25, -0.2) is 0 Å². The van der Waals surface area contributed by atoms with Crippen molar-refractivity contribution in [2.45, 2.75) is 39.8 Å². The van der Waals surface area contributed by atoms with E-state index in [1.165, 1.54) is 5.56 Å². The van der Waals surface area contributed by atoms with Crippen LogP contribution in [0.2, 0.25) is 0 Å². The number of aryl methyl sites for hydroxylation is 2. The lowest BCUT2D eigenvalue weighted by Gasteiger charge is -2.18. The summed E-state index contributed by atoms with van der Waals surface area (Å²) in [5, 5.41) is 2.93. The van der Waals surface area contributed by atoms with E-state index >= 15 is 0 Å². The van der Waals surface area contributed by atoms with E-state index < -0.39 is 6.10 Å². The Labute approximate surface area is 143 Å². The third-order valence-corrected chi connectivity index (χ3v) is 4.07. The second-order valence-corrected chi connectivity index (χ2v) is 5.79. The monoisotopic (exact) mass is 327 g/mol. The summed E-state index contributed by atoms with van der Waals surface area (Å²) in [6, 6.07) is 13.5. The molecule has 0 aliphatic heterocycles. The van der Waals surface area contributed by atoms with Crippen LogP contribution in [0.4, 0.5) is 0 Å². The molecule has 0 aliphatic rings. The highest BCUT2D eigenvalue weighted by molar-refractivity contribution is 5.81. The average molecular weight is 327 g/mol. The van der Waals surface area contributed by atoms with E-state index in [2.05, 4.69) is 12.2 Å². The number of para-hydroxylation sites is 1. The van der Waals surface area contributed by atoms with E-state index in [4.69, 9.17) is 9.47 Å². The standard InChI is InChI=1S/C20H25NO3/c1-5-18(24-17-11-10-14(2)15(3)12-17)20(22)21-13-16-8-6-7-9-19(16)23-4/h6-12,18H,5,13H2,1-4H3,(H,21,22)/t18-/m0/s1. The van der Waals surface area contributed by atoms with E-state index in [9.17, 15) is 4.79 Å². The van der Waals surface area contributed by atoms with Gasteiger partial charge in [-0.3, -0.25) is 4.79 Å². The molecule has 2 rings (SSSR count). The van der Waals surface area contributed by atoms with Crippen molar-refractivity contribution in [3.8, 4) is 11.5 Å². The molecule has 4 heteroatoms. The molecule has 1 amide bonds. The van der Waals surface area contributed by atoms with Gasteiger partial charge < -0.3 is 14.8 Å². The van der Waals surface area contributed by atoms with Crippen LogP contribution < -0.4 is 14.8 Å². The molecular weight excluding hydrogens is 302 g/mol. The van der Waals surface area contributed by atoms with E-state index in [-0.39, 0.29) is 5.91 Å². The normalized spacial score (nSPS) is 11.7. The number of carbonyl (C=O) groups is 1. The van der Waals surface area contributed by atoms with Crippen LogP contribution in [0, 0.1) is 13.8 Å². The summed E-state index contributed by atoms with van der Waals surface area (Å²) >= 11 is 0. The summed E-state index contributed by atoms with van der Waals surface area (Å²) in [6.07, 6.45) is 0.0897. The fourth-order valence-electron chi connectivity index (χ4n) is 2.42. The molecule has 0 spiro atoms. The number of amides is 1. The molecule has 0 aliphatic carbocycles. The van der Waals surface area contributed by atoms with E-state index in [1.54, 1.807) is 7.11 Å². The molecule has 0 heterocycles. The van der Waals surface area contributed by atoms with Gasteiger partial charge in [-0.15, -0.1) is 0 Å². The maximum absolute atomic E-state index is 12.4. The van der Waals surface area contributed by atoms with Crippen LogP contribution in [0.3, 0.4) is 0 Å². The zero-order valence-corrected chi connectivity index (χ0v) is 14.8. The Morgan fingerprint density at radius 2 is 1.88 bits per heavy atom. The molecule has 2 aromatic carbocycles. The summed E-state index contributed by atoms with van der Waals surface area (Å²) in [4.78, 5) is 12.4. The highest BCUT2D eigenvalue weighted by Gasteiger charge is 2.18. The maximum Gasteiger partial charge on any atom is 0.261 e. The Balaban J connectivity index is 1.99. The second-order valence-electron chi connectivity index (χ2n) is 5.79. The number of benzene rings is 2. The number of nitrogens with one attached hydrogen (secondary N) is 1. The van der Waals surface area contributed by atoms with Gasteiger partial charge in [0, 0.05) is 12.1 Å². The lowest BCUT2D eigenvalue weighted by Crippen LogP contribution is -2.37. The maximum atomic E-state index is 12.4. The van der Waals surface area contributed by atoms with Crippen molar-refractivity contribution in [3.63, 3.8) is 0 Å². The van der Waals surface area contributed by atoms with Crippen LogP contribution in [0.15, 0.2) is 42.5 Å². The zero-order chi connectivity index (χ0) is 17.5. The number of ether oxygens (including phenoxy) is 2. The smallest absolute Gasteiger partial charge is 0.261 e. The molecular formula is C20H25NO3. The van der Waals surface area contributed by atoms with Crippen molar-refractivity contribution in [2.75, 3.05) is 7.11 Å². The molecule has 0 saturated heterocycles. The van der Waals surface area contributed by atoms with Crippen LogP contribution in [0.1, 0.15) is 30.0 Å². The van der Waals surface area contributed by atoms with E-state index in [1.807, 2.05) is 56.3 Å². The quantitative estimate of drug-likeness (QED) is 0.842. The molecule has 0 bridgehead atoms. The summed E-state index contributed by atoms with van der Waals surface area (Å²) in [5.74, 6) is 1.36. The first kappa shape index (κ1) is 17.9. The minimum absolute atomic E-state index is 0.123. The molecule has 2 aromatic rings. The van der Waals surface area contributed by atoms with Gasteiger partial charge in [-0.2, -0.15) is 0 Å². The lowest BCUT2D eigenvalue weighted by atomic mass is 10.1. The fraction of sp³-hybridized carbons (Fsp3) is 0.350. The largest absolute Gasteiger partial charge is 0.496 e. The Morgan fingerprint density at radius 1 is 1.12 bits per heavy atom. The molecule has 0 saturated carbocycles. The van der Waals surface area contributed by atoms with Crippen LogP contribution in [-0.4, -0.2) is 19.1 Å². The van der Waals surface area contributed by atoms with Crippen molar-refractivity contribution < 1.29 is 14.3 Å². The van der Waals surface area contributed by atoms with Gasteiger partial charge in [-0.05, 0) is 49.6 Å². The van der Waals surface area contributed by atoms with Crippen LogP contribution in [0.25, 0.3) is 0 Å². The van der Waals surface area contributed by atoms with Gasteiger partial charge in [0.1, 0.15) is 11.5 Å². The molecule has 0 aromatic heterocycles. The number of carbonyl (C=O) groups excluding carboxylic acids is 1. The van der Waals surface area contributed by atoms with Gasteiger partial charge in [0.2, 0.25) is 0 Å². The fourth-order valence-corrected chi connectivity index (χ4v) is 2.42. The summed E-state index contributed by atoms with van der Waals surface area (Å²) < 4.78 is 11.2. The Kier molecular flexibility index (Phi) is 6.24. The molecule has 0 fully saturated rings. The topological polar surface area (TPSA) is 47.6 Å². The molecule has 1 atom stereocenters. The summed E-state index contributed by atoms with van der Waals surface area (Å²) in [7, 11) is 1.62. The number of rotatable bonds is 7.